The molecular formula is C17H17ClN2O3S. The van der Waals surface area contributed by atoms with Crippen LogP contribution in [0, 0.1) is 0 Å². The average Bonchev–Trinajstić information content (AvgIpc) is 2.61. The molecule has 0 radical (unpaired) electrons. The van der Waals surface area contributed by atoms with E-state index >= 15 is 0 Å². The van der Waals surface area contributed by atoms with E-state index in [4.69, 9.17) is 21.1 Å². The Labute approximate surface area is 150 Å². The number of carbonyl (C=O) groups excluding carboxylic acids is 1. The number of benzene rings is 2. The largest absolute Gasteiger partial charge is 0.493 e. The molecule has 0 saturated heterocycles. The van der Waals surface area contributed by atoms with Crippen molar-refractivity contribution >= 4 is 35.5 Å². The molecule has 0 bridgehead atoms. The van der Waals surface area contributed by atoms with E-state index < -0.39 is 0 Å². The number of halogens is 1. The lowest BCUT2D eigenvalue weighted by molar-refractivity contribution is -0.118. The molecule has 2 aromatic rings. The standard InChI is InChI=1S/C17H17ClN2O3S/c1-22-15-8-3-12(9-16(15)23-2)10-19-20-17(21)11-24-14-6-4-13(18)5-7-14/h3-10H,11H2,1-2H3,(H,20,21)/b19-10+. The van der Waals surface area contributed by atoms with Crippen molar-refractivity contribution < 1.29 is 14.3 Å². The number of ether oxygens (including phenoxy) is 2. The molecule has 0 unspecified atom stereocenters. The lowest BCUT2D eigenvalue weighted by Gasteiger charge is -2.07. The summed E-state index contributed by atoms with van der Waals surface area (Å²) in [5.41, 5.74) is 3.28. The summed E-state index contributed by atoms with van der Waals surface area (Å²) in [6.45, 7) is 0. The zero-order chi connectivity index (χ0) is 17.4. The highest BCUT2D eigenvalue weighted by Crippen LogP contribution is 2.26. The summed E-state index contributed by atoms with van der Waals surface area (Å²) in [6.07, 6.45) is 1.55. The number of nitrogens with one attached hydrogen (secondary N) is 1. The average molecular weight is 365 g/mol. The first-order valence-corrected chi connectivity index (χ1v) is 8.41. The summed E-state index contributed by atoms with van der Waals surface area (Å²) >= 11 is 7.23. The van der Waals surface area contributed by atoms with E-state index in [0.29, 0.717) is 16.5 Å². The van der Waals surface area contributed by atoms with Gasteiger partial charge in [0, 0.05) is 9.92 Å². The van der Waals surface area contributed by atoms with Crippen molar-refractivity contribution in [2.24, 2.45) is 5.10 Å². The van der Waals surface area contributed by atoms with E-state index in [9.17, 15) is 4.79 Å². The van der Waals surface area contributed by atoms with Gasteiger partial charge in [0.15, 0.2) is 11.5 Å². The third-order valence-corrected chi connectivity index (χ3v) is 4.26. The SMILES string of the molecule is COc1ccc(/C=N/NC(=O)CSc2ccc(Cl)cc2)cc1OC. The van der Waals surface area contributed by atoms with E-state index in [-0.39, 0.29) is 11.7 Å². The molecule has 5 nitrogen and oxygen atoms in total. The van der Waals surface area contributed by atoms with Crippen LogP contribution >= 0.6 is 23.4 Å². The lowest BCUT2D eigenvalue weighted by Crippen LogP contribution is -2.19. The first kappa shape index (κ1) is 18.2. The summed E-state index contributed by atoms with van der Waals surface area (Å²) in [5.74, 6) is 1.32. The molecule has 1 amide bonds. The van der Waals surface area contributed by atoms with Crippen LogP contribution in [0.25, 0.3) is 0 Å². The number of hydrogen-bond acceptors (Lipinski definition) is 5. The zero-order valence-corrected chi connectivity index (χ0v) is 14.9. The summed E-state index contributed by atoms with van der Waals surface area (Å²) in [5, 5.41) is 4.61. The van der Waals surface area contributed by atoms with Crippen LogP contribution in [0.3, 0.4) is 0 Å². The summed E-state index contributed by atoms with van der Waals surface area (Å²) < 4.78 is 10.4. The van der Waals surface area contributed by atoms with E-state index in [2.05, 4.69) is 10.5 Å². The molecule has 126 valence electrons. The van der Waals surface area contributed by atoms with Gasteiger partial charge in [0.2, 0.25) is 5.91 Å². The minimum absolute atomic E-state index is 0.188. The normalized spacial score (nSPS) is 10.6. The molecule has 0 atom stereocenters. The van der Waals surface area contributed by atoms with Gasteiger partial charge in [-0.15, -0.1) is 11.8 Å². The maximum absolute atomic E-state index is 11.8. The van der Waals surface area contributed by atoms with Crippen molar-refractivity contribution in [3.8, 4) is 11.5 Å². The van der Waals surface area contributed by atoms with Crippen LogP contribution in [0.15, 0.2) is 52.5 Å². The van der Waals surface area contributed by atoms with Gasteiger partial charge in [-0.1, -0.05) is 11.6 Å². The molecule has 0 heterocycles. The Bertz CT molecular complexity index is 720. The molecule has 24 heavy (non-hydrogen) atoms. The fourth-order valence-corrected chi connectivity index (χ4v) is 2.64. The van der Waals surface area contributed by atoms with Crippen LogP contribution < -0.4 is 14.9 Å². The Morgan fingerprint density at radius 3 is 2.54 bits per heavy atom. The first-order valence-electron chi connectivity index (χ1n) is 7.04. The van der Waals surface area contributed by atoms with Crippen molar-refractivity contribution in [2.75, 3.05) is 20.0 Å². The van der Waals surface area contributed by atoms with Crippen molar-refractivity contribution in [3.63, 3.8) is 0 Å². The number of rotatable bonds is 7. The van der Waals surface area contributed by atoms with Crippen LogP contribution in [0.4, 0.5) is 0 Å². The van der Waals surface area contributed by atoms with E-state index in [1.54, 1.807) is 44.7 Å². The Morgan fingerprint density at radius 1 is 1.17 bits per heavy atom. The molecule has 0 aliphatic carbocycles. The lowest BCUT2D eigenvalue weighted by atomic mass is 10.2. The van der Waals surface area contributed by atoms with Gasteiger partial charge in [-0.2, -0.15) is 5.10 Å². The van der Waals surface area contributed by atoms with E-state index in [1.165, 1.54) is 11.8 Å². The molecule has 1 N–H and O–H groups in total. The second kappa shape index (κ2) is 9.20. The monoisotopic (exact) mass is 364 g/mol. The maximum Gasteiger partial charge on any atom is 0.250 e. The fraction of sp³-hybridized carbons (Fsp3) is 0.176. The highest BCUT2D eigenvalue weighted by atomic mass is 35.5. The zero-order valence-electron chi connectivity index (χ0n) is 13.3. The van der Waals surface area contributed by atoms with Gasteiger partial charge in [-0.05, 0) is 48.0 Å². The summed E-state index contributed by atoms with van der Waals surface area (Å²) in [4.78, 5) is 12.8. The molecule has 0 aliphatic rings. The van der Waals surface area contributed by atoms with Crippen LogP contribution in [0.5, 0.6) is 11.5 Å². The molecule has 0 saturated carbocycles. The number of hydrazone groups is 1. The third kappa shape index (κ3) is 5.47. The first-order chi connectivity index (χ1) is 11.6. The van der Waals surface area contributed by atoms with Gasteiger partial charge in [0.05, 0.1) is 26.2 Å². The molecule has 7 heteroatoms. The van der Waals surface area contributed by atoms with E-state index in [0.717, 1.165) is 10.5 Å². The molecular weight excluding hydrogens is 348 g/mol. The predicted octanol–water partition coefficient (Wildman–Crippen LogP) is 3.60. The van der Waals surface area contributed by atoms with Crippen LogP contribution in [0.2, 0.25) is 5.02 Å². The molecule has 0 aromatic heterocycles. The van der Waals surface area contributed by atoms with Crippen LogP contribution in [-0.4, -0.2) is 32.1 Å². The maximum atomic E-state index is 11.8. The van der Waals surface area contributed by atoms with Crippen LogP contribution in [0.1, 0.15) is 5.56 Å². The topological polar surface area (TPSA) is 59.9 Å². The van der Waals surface area contributed by atoms with E-state index in [1.807, 2.05) is 18.2 Å². The van der Waals surface area contributed by atoms with Gasteiger partial charge < -0.3 is 9.47 Å². The Hall–Kier alpha value is -2.18. The number of carbonyl (C=O) groups is 1. The predicted molar refractivity (Wildman–Crippen MR) is 97.5 cm³/mol. The minimum Gasteiger partial charge on any atom is -0.493 e. The minimum atomic E-state index is -0.188. The van der Waals surface area contributed by atoms with Gasteiger partial charge in [0.1, 0.15) is 0 Å². The summed E-state index contributed by atoms with van der Waals surface area (Å²) in [6, 6.07) is 12.7. The van der Waals surface area contributed by atoms with Gasteiger partial charge in [-0.25, -0.2) is 5.43 Å². The Morgan fingerprint density at radius 2 is 1.88 bits per heavy atom. The van der Waals surface area contributed by atoms with Crippen LogP contribution in [-0.2, 0) is 4.79 Å². The smallest absolute Gasteiger partial charge is 0.250 e. The highest BCUT2D eigenvalue weighted by molar-refractivity contribution is 8.00. The molecule has 0 fully saturated rings. The molecule has 2 rings (SSSR count). The van der Waals surface area contributed by atoms with Gasteiger partial charge in [-0.3, -0.25) is 4.79 Å². The Kier molecular flexibility index (Phi) is 6.96. The fourth-order valence-electron chi connectivity index (χ4n) is 1.82. The number of nitrogens with zero attached hydrogens (tertiary/aromatic N) is 1. The second-order valence-electron chi connectivity index (χ2n) is 4.65. The number of thioether (sulfide) groups is 1. The molecule has 0 aliphatic heterocycles. The number of amides is 1. The van der Waals surface area contributed by atoms with Crippen molar-refractivity contribution in [1.29, 1.82) is 0 Å². The molecule has 2 aromatic carbocycles. The second-order valence-corrected chi connectivity index (χ2v) is 6.14. The number of hydrogen-bond donors (Lipinski definition) is 1. The van der Waals surface area contributed by atoms with Gasteiger partial charge >= 0.3 is 0 Å². The Balaban J connectivity index is 1.84. The van der Waals surface area contributed by atoms with Crippen molar-refractivity contribution in [2.45, 2.75) is 4.90 Å². The third-order valence-electron chi connectivity index (χ3n) is 2.99. The molecule has 0 spiro atoms. The number of methoxy groups -OCH3 is 2. The quantitative estimate of drug-likeness (QED) is 0.463. The van der Waals surface area contributed by atoms with Gasteiger partial charge in [0.25, 0.3) is 0 Å². The van der Waals surface area contributed by atoms with Crippen molar-refractivity contribution in [3.05, 3.63) is 53.1 Å². The van der Waals surface area contributed by atoms with Crippen molar-refractivity contribution in [1.82, 2.24) is 5.43 Å². The summed E-state index contributed by atoms with van der Waals surface area (Å²) in [7, 11) is 3.14. The highest BCUT2D eigenvalue weighted by Gasteiger charge is 2.04.